The molecule has 116 valence electrons. The van der Waals surface area contributed by atoms with Crippen molar-refractivity contribution in [2.24, 2.45) is 11.7 Å². The van der Waals surface area contributed by atoms with Gasteiger partial charge in [0.15, 0.2) is 0 Å². The van der Waals surface area contributed by atoms with Crippen LogP contribution in [0.4, 0.5) is 0 Å². The van der Waals surface area contributed by atoms with Crippen LogP contribution < -0.4 is 5.73 Å². The van der Waals surface area contributed by atoms with Crippen molar-refractivity contribution in [3.63, 3.8) is 0 Å². The molecule has 0 aromatic rings. The Morgan fingerprint density at radius 3 is 2.70 bits per heavy atom. The molecule has 1 aliphatic heterocycles. The number of nitrogens with zero attached hydrogens (tertiary/aromatic N) is 2. The van der Waals surface area contributed by atoms with E-state index in [-0.39, 0.29) is 0 Å². The van der Waals surface area contributed by atoms with Crippen molar-refractivity contribution in [3.8, 4) is 0 Å². The van der Waals surface area contributed by atoms with Gasteiger partial charge in [-0.05, 0) is 58.0 Å². The highest BCUT2D eigenvalue weighted by Crippen LogP contribution is 2.29. The van der Waals surface area contributed by atoms with Gasteiger partial charge in [-0.3, -0.25) is 9.69 Å². The summed E-state index contributed by atoms with van der Waals surface area (Å²) in [5, 5.41) is 0. The molecule has 0 aromatic heterocycles. The fourth-order valence-corrected chi connectivity index (χ4v) is 3.97. The lowest BCUT2D eigenvalue weighted by Crippen LogP contribution is -2.50. The zero-order valence-electron chi connectivity index (χ0n) is 13.2. The molecule has 3 atom stereocenters. The number of piperidine rings is 1. The van der Waals surface area contributed by atoms with Crippen molar-refractivity contribution < 1.29 is 4.79 Å². The molecule has 20 heavy (non-hydrogen) atoms. The van der Waals surface area contributed by atoms with Gasteiger partial charge < -0.3 is 10.6 Å². The summed E-state index contributed by atoms with van der Waals surface area (Å²) in [5.74, 6) is 0.906. The minimum Gasteiger partial charge on any atom is -0.339 e. The molecule has 3 unspecified atom stereocenters. The number of hydrogen-bond acceptors (Lipinski definition) is 3. The molecule has 2 fully saturated rings. The Hall–Kier alpha value is -0.610. The number of amides is 1. The molecule has 2 aliphatic rings. The molecule has 2 rings (SSSR count). The van der Waals surface area contributed by atoms with Crippen molar-refractivity contribution in [1.29, 1.82) is 0 Å². The van der Waals surface area contributed by atoms with Gasteiger partial charge in [0.2, 0.25) is 5.91 Å². The lowest BCUT2D eigenvalue weighted by molar-refractivity contribution is -0.136. The predicted molar refractivity (Wildman–Crippen MR) is 82.5 cm³/mol. The molecule has 2 N–H and O–H groups in total. The highest BCUT2D eigenvalue weighted by molar-refractivity contribution is 5.78. The van der Waals surface area contributed by atoms with Gasteiger partial charge in [-0.1, -0.05) is 13.3 Å². The first-order chi connectivity index (χ1) is 9.67. The normalized spacial score (nSPS) is 31.0. The van der Waals surface area contributed by atoms with Gasteiger partial charge in [0.1, 0.15) is 0 Å². The average molecular weight is 281 g/mol. The Labute approximate surface area is 123 Å². The van der Waals surface area contributed by atoms with Crippen LogP contribution >= 0.6 is 0 Å². The molecule has 4 heteroatoms. The maximum absolute atomic E-state index is 12.6. The van der Waals surface area contributed by atoms with Crippen LogP contribution in [0.5, 0.6) is 0 Å². The molecule has 0 bridgehead atoms. The van der Waals surface area contributed by atoms with Crippen molar-refractivity contribution in [1.82, 2.24) is 9.80 Å². The van der Waals surface area contributed by atoms with Crippen LogP contribution in [0, 0.1) is 5.92 Å². The van der Waals surface area contributed by atoms with Crippen LogP contribution in [0.2, 0.25) is 0 Å². The highest BCUT2D eigenvalue weighted by atomic mass is 16.2. The Balaban J connectivity index is 1.93. The summed E-state index contributed by atoms with van der Waals surface area (Å²) >= 11 is 0. The summed E-state index contributed by atoms with van der Waals surface area (Å²) in [6.07, 6.45) is 7.28. The molecule has 1 heterocycles. The van der Waals surface area contributed by atoms with Crippen LogP contribution in [-0.4, -0.2) is 54.0 Å². The Kier molecular flexibility index (Phi) is 5.85. The van der Waals surface area contributed by atoms with Crippen LogP contribution in [-0.2, 0) is 4.79 Å². The second kappa shape index (κ2) is 7.41. The lowest BCUT2D eigenvalue weighted by atomic mass is 10.0. The zero-order chi connectivity index (χ0) is 14.5. The van der Waals surface area contributed by atoms with Crippen LogP contribution in [0.1, 0.15) is 52.4 Å². The van der Waals surface area contributed by atoms with Crippen molar-refractivity contribution in [2.75, 3.05) is 26.2 Å². The topological polar surface area (TPSA) is 49.6 Å². The van der Waals surface area contributed by atoms with Crippen LogP contribution in [0.3, 0.4) is 0 Å². The van der Waals surface area contributed by atoms with Crippen molar-refractivity contribution in [2.45, 2.75) is 64.5 Å². The van der Waals surface area contributed by atoms with E-state index in [4.69, 9.17) is 5.73 Å². The number of rotatable bonds is 5. The Morgan fingerprint density at radius 1 is 1.25 bits per heavy atom. The molecule has 1 amide bonds. The fourth-order valence-electron chi connectivity index (χ4n) is 3.97. The van der Waals surface area contributed by atoms with E-state index in [1.165, 1.54) is 25.7 Å². The first kappa shape index (κ1) is 15.8. The standard InChI is InChI=1S/C16H31N3O/c1-3-18(15-9-6-8-14(15)11-17)12-16(20)19-10-5-4-7-13(19)2/h13-15H,3-12,17H2,1-2H3. The summed E-state index contributed by atoms with van der Waals surface area (Å²) in [6, 6.07) is 0.942. The first-order valence-corrected chi connectivity index (χ1v) is 8.41. The number of likely N-dealkylation sites (N-methyl/N-ethyl adjacent to an activating group) is 1. The summed E-state index contributed by atoms with van der Waals surface area (Å²) in [4.78, 5) is 17.0. The van der Waals surface area contributed by atoms with E-state index in [1.807, 2.05) is 0 Å². The predicted octanol–water partition coefficient (Wildman–Crippen LogP) is 1.84. The van der Waals surface area contributed by atoms with E-state index in [0.29, 0.717) is 30.5 Å². The van der Waals surface area contributed by atoms with Gasteiger partial charge in [0, 0.05) is 18.6 Å². The molecular formula is C16H31N3O. The number of carbonyl (C=O) groups excluding carboxylic acids is 1. The highest BCUT2D eigenvalue weighted by Gasteiger charge is 2.33. The maximum atomic E-state index is 12.6. The van der Waals surface area contributed by atoms with Gasteiger partial charge >= 0.3 is 0 Å². The summed E-state index contributed by atoms with van der Waals surface area (Å²) in [6.45, 7) is 7.60. The third kappa shape index (κ3) is 3.53. The molecule has 4 nitrogen and oxygen atoms in total. The Bertz CT molecular complexity index is 321. The van der Waals surface area contributed by atoms with E-state index in [2.05, 4.69) is 23.6 Å². The van der Waals surface area contributed by atoms with Crippen molar-refractivity contribution in [3.05, 3.63) is 0 Å². The first-order valence-electron chi connectivity index (χ1n) is 8.41. The Morgan fingerprint density at radius 2 is 2.05 bits per heavy atom. The molecule has 1 aliphatic carbocycles. The minimum atomic E-state index is 0.321. The second-order valence-corrected chi connectivity index (χ2v) is 6.49. The molecular weight excluding hydrogens is 250 g/mol. The van der Waals surface area contributed by atoms with Gasteiger partial charge in [-0.15, -0.1) is 0 Å². The lowest BCUT2D eigenvalue weighted by Gasteiger charge is -2.37. The number of carbonyl (C=O) groups is 1. The smallest absolute Gasteiger partial charge is 0.236 e. The minimum absolute atomic E-state index is 0.321. The van der Waals surface area contributed by atoms with Gasteiger partial charge in [-0.2, -0.15) is 0 Å². The SMILES string of the molecule is CCN(CC(=O)N1CCCCC1C)C1CCCC1CN. The van der Waals surface area contributed by atoms with E-state index in [1.54, 1.807) is 0 Å². The van der Waals surface area contributed by atoms with Crippen molar-refractivity contribution >= 4 is 5.91 Å². The summed E-state index contributed by atoms with van der Waals surface area (Å²) < 4.78 is 0. The molecule has 0 radical (unpaired) electrons. The van der Waals surface area contributed by atoms with E-state index < -0.39 is 0 Å². The number of nitrogens with two attached hydrogens (primary N) is 1. The second-order valence-electron chi connectivity index (χ2n) is 6.49. The summed E-state index contributed by atoms with van der Waals surface area (Å²) in [5.41, 5.74) is 5.89. The monoisotopic (exact) mass is 281 g/mol. The van der Waals surface area contributed by atoms with Crippen LogP contribution in [0.25, 0.3) is 0 Å². The maximum Gasteiger partial charge on any atom is 0.236 e. The van der Waals surface area contributed by atoms with Gasteiger partial charge in [-0.25, -0.2) is 0 Å². The number of likely N-dealkylation sites (tertiary alicyclic amines) is 1. The molecule has 0 aromatic carbocycles. The zero-order valence-corrected chi connectivity index (χ0v) is 13.2. The van der Waals surface area contributed by atoms with Gasteiger partial charge in [0.25, 0.3) is 0 Å². The van der Waals surface area contributed by atoms with Crippen LogP contribution in [0.15, 0.2) is 0 Å². The third-order valence-corrected chi connectivity index (χ3v) is 5.26. The average Bonchev–Trinajstić information content (AvgIpc) is 2.93. The third-order valence-electron chi connectivity index (χ3n) is 5.26. The van der Waals surface area contributed by atoms with Gasteiger partial charge in [0.05, 0.1) is 6.54 Å². The van der Waals surface area contributed by atoms with E-state index in [0.717, 1.165) is 32.5 Å². The fraction of sp³-hybridized carbons (Fsp3) is 0.938. The van der Waals surface area contributed by atoms with E-state index in [9.17, 15) is 4.79 Å². The largest absolute Gasteiger partial charge is 0.339 e. The number of hydrogen-bond donors (Lipinski definition) is 1. The molecule has 0 spiro atoms. The molecule has 1 saturated heterocycles. The summed E-state index contributed by atoms with van der Waals surface area (Å²) in [7, 11) is 0. The quantitative estimate of drug-likeness (QED) is 0.836. The molecule has 1 saturated carbocycles. The van der Waals surface area contributed by atoms with E-state index >= 15 is 0 Å².